The molecule has 0 spiro atoms. The molecule has 0 saturated heterocycles. The van der Waals surface area contributed by atoms with Crippen molar-refractivity contribution >= 4 is 17.3 Å². The Hall–Kier alpha value is -2.02. The number of amides is 1. The average Bonchev–Trinajstić information content (AvgIpc) is 2.98. The maximum absolute atomic E-state index is 11.7. The Morgan fingerprint density at radius 3 is 2.81 bits per heavy atom. The second kappa shape index (κ2) is 3.86. The van der Waals surface area contributed by atoms with Crippen LogP contribution in [0.1, 0.15) is 18.9 Å². The smallest absolute Gasteiger partial charge is 0.227 e. The van der Waals surface area contributed by atoms with Crippen molar-refractivity contribution in [3.63, 3.8) is 0 Å². The van der Waals surface area contributed by atoms with E-state index in [1.165, 1.54) is 0 Å². The van der Waals surface area contributed by atoms with Crippen molar-refractivity contribution < 1.29 is 4.79 Å². The molecule has 1 aliphatic carbocycles. The van der Waals surface area contributed by atoms with E-state index in [0.29, 0.717) is 22.9 Å². The number of hydrogen-bond donors (Lipinski definition) is 2. The van der Waals surface area contributed by atoms with Gasteiger partial charge in [-0.2, -0.15) is 5.26 Å². The van der Waals surface area contributed by atoms with Crippen LogP contribution >= 0.6 is 0 Å². The monoisotopic (exact) mass is 215 g/mol. The highest BCUT2D eigenvalue weighted by molar-refractivity contribution is 5.97. The molecule has 0 aromatic heterocycles. The summed E-state index contributed by atoms with van der Waals surface area (Å²) >= 11 is 0. The number of nitrogens with zero attached hydrogens (tertiary/aromatic N) is 1. The molecule has 4 nitrogen and oxygen atoms in total. The average molecular weight is 215 g/mol. The summed E-state index contributed by atoms with van der Waals surface area (Å²) in [5.41, 5.74) is 7.25. The number of rotatable bonds is 2. The zero-order valence-corrected chi connectivity index (χ0v) is 9.03. The van der Waals surface area contributed by atoms with Crippen molar-refractivity contribution in [2.75, 3.05) is 11.1 Å². The molecule has 3 N–H and O–H groups in total. The molecule has 2 atom stereocenters. The molecule has 0 aliphatic heterocycles. The fourth-order valence-electron chi connectivity index (χ4n) is 1.66. The van der Waals surface area contributed by atoms with Gasteiger partial charge in [0.25, 0.3) is 0 Å². The van der Waals surface area contributed by atoms with E-state index in [1.54, 1.807) is 18.2 Å². The number of benzene rings is 1. The van der Waals surface area contributed by atoms with Crippen LogP contribution < -0.4 is 11.1 Å². The molecule has 4 heteroatoms. The Bertz CT molecular complexity index is 476. The second-order valence-corrected chi connectivity index (χ2v) is 4.22. The third kappa shape index (κ3) is 1.98. The van der Waals surface area contributed by atoms with Crippen molar-refractivity contribution in [2.45, 2.75) is 13.3 Å². The number of nitriles is 1. The predicted octanol–water partition coefficient (Wildman–Crippen LogP) is 1.73. The lowest BCUT2D eigenvalue weighted by molar-refractivity contribution is -0.117. The minimum atomic E-state index is 0.0175. The van der Waals surface area contributed by atoms with E-state index >= 15 is 0 Å². The summed E-state index contributed by atoms with van der Waals surface area (Å²) in [5.74, 6) is 0.610. The quantitative estimate of drug-likeness (QED) is 0.737. The zero-order chi connectivity index (χ0) is 11.7. The highest BCUT2D eigenvalue weighted by Gasteiger charge is 2.39. The fraction of sp³-hybridized carbons (Fsp3) is 0.333. The number of hydrogen-bond acceptors (Lipinski definition) is 3. The molecular weight excluding hydrogens is 202 g/mol. The van der Waals surface area contributed by atoms with Crippen molar-refractivity contribution in [3.8, 4) is 6.07 Å². The molecule has 2 unspecified atom stereocenters. The van der Waals surface area contributed by atoms with Gasteiger partial charge in [-0.05, 0) is 30.5 Å². The van der Waals surface area contributed by atoms with Gasteiger partial charge < -0.3 is 11.1 Å². The zero-order valence-electron chi connectivity index (χ0n) is 9.03. The number of nitrogen functional groups attached to an aromatic ring is 1. The molecular formula is C12H13N3O. The first-order valence-corrected chi connectivity index (χ1v) is 5.22. The first-order chi connectivity index (χ1) is 7.61. The Kier molecular flexibility index (Phi) is 2.53. The van der Waals surface area contributed by atoms with E-state index in [-0.39, 0.29) is 11.8 Å². The summed E-state index contributed by atoms with van der Waals surface area (Å²) in [6, 6.07) is 6.87. The molecule has 1 amide bonds. The largest absolute Gasteiger partial charge is 0.397 e. The minimum absolute atomic E-state index is 0.0175. The predicted molar refractivity (Wildman–Crippen MR) is 61.5 cm³/mol. The molecule has 0 radical (unpaired) electrons. The minimum Gasteiger partial charge on any atom is -0.397 e. The van der Waals surface area contributed by atoms with Gasteiger partial charge in [-0.3, -0.25) is 4.79 Å². The number of carbonyl (C=O) groups is 1. The molecule has 16 heavy (non-hydrogen) atoms. The number of carbonyl (C=O) groups excluding carboxylic acids is 1. The Morgan fingerprint density at radius 2 is 2.31 bits per heavy atom. The third-order valence-corrected chi connectivity index (χ3v) is 2.88. The lowest BCUT2D eigenvalue weighted by atomic mass is 10.2. The van der Waals surface area contributed by atoms with Gasteiger partial charge in [-0.25, -0.2) is 0 Å². The molecule has 1 aromatic rings. The van der Waals surface area contributed by atoms with E-state index in [2.05, 4.69) is 5.32 Å². The van der Waals surface area contributed by atoms with E-state index in [0.717, 1.165) is 6.42 Å². The molecule has 0 heterocycles. The van der Waals surface area contributed by atoms with Crippen molar-refractivity contribution in [2.24, 2.45) is 11.8 Å². The molecule has 0 bridgehead atoms. The summed E-state index contributed by atoms with van der Waals surface area (Å²) in [7, 11) is 0. The van der Waals surface area contributed by atoms with Gasteiger partial charge in [0.2, 0.25) is 5.91 Å². The molecule has 1 aromatic carbocycles. The summed E-state index contributed by atoms with van der Waals surface area (Å²) in [6.45, 7) is 2.05. The van der Waals surface area contributed by atoms with Crippen LogP contribution in [0.15, 0.2) is 18.2 Å². The van der Waals surface area contributed by atoms with E-state index < -0.39 is 0 Å². The molecule has 1 fully saturated rings. The molecule has 1 saturated carbocycles. The molecule has 1 aliphatic rings. The highest BCUT2D eigenvalue weighted by atomic mass is 16.2. The van der Waals surface area contributed by atoms with Gasteiger partial charge in [0, 0.05) is 5.92 Å². The van der Waals surface area contributed by atoms with Crippen molar-refractivity contribution in [1.29, 1.82) is 5.26 Å². The van der Waals surface area contributed by atoms with Crippen LogP contribution in [0.5, 0.6) is 0 Å². The third-order valence-electron chi connectivity index (χ3n) is 2.88. The van der Waals surface area contributed by atoms with E-state index in [1.807, 2.05) is 13.0 Å². The summed E-state index contributed by atoms with van der Waals surface area (Å²) < 4.78 is 0. The number of nitrogens with two attached hydrogens (primary N) is 1. The SMILES string of the molecule is CC1CC1C(=O)Nc1ccc(C#N)cc1N. The lowest BCUT2D eigenvalue weighted by Crippen LogP contribution is -2.15. The summed E-state index contributed by atoms with van der Waals surface area (Å²) in [4.78, 5) is 11.7. The first kappa shape index (κ1) is 10.5. The Labute approximate surface area is 94.1 Å². The van der Waals surface area contributed by atoms with Crippen LogP contribution in [0.3, 0.4) is 0 Å². The molecule has 82 valence electrons. The van der Waals surface area contributed by atoms with Crippen LogP contribution in [0.2, 0.25) is 0 Å². The van der Waals surface area contributed by atoms with E-state index in [9.17, 15) is 4.79 Å². The van der Waals surface area contributed by atoms with Crippen LogP contribution in [0.25, 0.3) is 0 Å². The van der Waals surface area contributed by atoms with Crippen molar-refractivity contribution in [3.05, 3.63) is 23.8 Å². The van der Waals surface area contributed by atoms with Gasteiger partial charge in [0.1, 0.15) is 0 Å². The maximum atomic E-state index is 11.7. The van der Waals surface area contributed by atoms with Crippen molar-refractivity contribution in [1.82, 2.24) is 0 Å². The Morgan fingerprint density at radius 1 is 1.62 bits per heavy atom. The number of nitrogens with one attached hydrogen (secondary N) is 1. The maximum Gasteiger partial charge on any atom is 0.227 e. The standard InChI is InChI=1S/C12H13N3O/c1-7-4-9(7)12(16)15-11-3-2-8(6-13)5-10(11)14/h2-3,5,7,9H,4,14H2,1H3,(H,15,16). The van der Waals surface area contributed by atoms with Crippen LogP contribution in [0.4, 0.5) is 11.4 Å². The lowest BCUT2D eigenvalue weighted by Gasteiger charge is -2.07. The Balaban J connectivity index is 2.10. The second-order valence-electron chi connectivity index (χ2n) is 4.22. The highest BCUT2D eigenvalue weighted by Crippen LogP contribution is 2.38. The van der Waals surface area contributed by atoms with Gasteiger partial charge in [-0.1, -0.05) is 6.92 Å². The fourth-order valence-corrected chi connectivity index (χ4v) is 1.66. The van der Waals surface area contributed by atoms with E-state index in [4.69, 9.17) is 11.0 Å². The van der Waals surface area contributed by atoms with Gasteiger partial charge in [0.15, 0.2) is 0 Å². The first-order valence-electron chi connectivity index (χ1n) is 5.22. The van der Waals surface area contributed by atoms with Gasteiger partial charge in [0.05, 0.1) is 23.0 Å². The van der Waals surface area contributed by atoms with Crippen LogP contribution in [-0.2, 0) is 4.79 Å². The van der Waals surface area contributed by atoms with Crippen LogP contribution in [-0.4, -0.2) is 5.91 Å². The summed E-state index contributed by atoms with van der Waals surface area (Å²) in [5, 5.41) is 11.5. The topological polar surface area (TPSA) is 78.9 Å². The van der Waals surface area contributed by atoms with Gasteiger partial charge >= 0.3 is 0 Å². The van der Waals surface area contributed by atoms with Gasteiger partial charge in [-0.15, -0.1) is 0 Å². The number of anilines is 2. The molecule has 2 rings (SSSR count). The summed E-state index contributed by atoms with van der Waals surface area (Å²) in [6.07, 6.45) is 0.946. The normalized spacial score (nSPS) is 22.2. The van der Waals surface area contributed by atoms with Crippen LogP contribution in [0, 0.1) is 23.2 Å².